The van der Waals surface area contributed by atoms with Gasteiger partial charge in [-0.3, -0.25) is 4.79 Å². The van der Waals surface area contributed by atoms with E-state index < -0.39 is 35.0 Å². The molecule has 1 amide bonds. The molecule has 0 aromatic heterocycles. The third-order valence-electron chi connectivity index (χ3n) is 2.00. The van der Waals surface area contributed by atoms with E-state index in [2.05, 4.69) is 10.2 Å². The van der Waals surface area contributed by atoms with Gasteiger partial charge in [0.2, 0.25) is 0 Å². The van der Waals surface area contributed by atoms with Crippen molar-refractivity contribution in [2.45, 2.75) is 13.0 Å². The number of nitrogens with one attached hydrogen (secondary N) is 1. The number of carbonyl (C=O) groups excluding carboxylic acids is 1. The molecule has 0 aliphatic heterocycles. The van der Waals surface area contributed by atoms with Gasteiger partial charge in [0.05, 0.1) is 18.2 Å². The summed E-state index contributed by atoms with van der Waals surface area (Å²) >= 11 is 0. The van der Waals surface area contributed by atoms with E-state index in [0.717, 1.165) is 6.07 Å². The molecule has 0 fully saturated rings. The molecule has 1 atom stereocenters. The second kappa shape index (κ2) is 5.65. The van der Waals surface area contributed by atoms with Gasteiger partial charge in [-0.1, -0.05) is 0 Å². The Bertz CT molecular complexity index is 426. The summed E-state index contributed by atoms with van der Waals surface area (Å²) in [6.45, 7) is 1.57. The Balaban J connectivity index is 2.86. The lowest BCUT2D eigenvalue weighted by molar-refractivity contribution is 0.0852. The van der Waals surface area contributed by atoms with Crippen LogP contribution in [0.25, 0.3) is 0 Å². The highest BCUT2D eigenvalue weighted by Gasteiger charge is 2.19. The van der Waals surface area contributed by atoms with Gasteiger partial charge in [-0.2, -0.15) is 0 Å². The summed E-state index contributed by atoms with van der Waals surface area (Å²) in [5, 5.41) is 2.31. The molecule has 1 aromatic carbocycles. The summed E-state index contributed by atoms with van der Waals surface area (Å²) in [5.74, 6) is -0.641. The van der Waals surface area contributed by atoms with E-state index in [1.165, 1.54) is 0 Å². The highest BCUT2D eigenvalue weighted by molar-refractivity contribution is 5.94. The van der Waals surface area contributed by atoms with Crippen LogP contribution >= 0.6 is 0 Å². The highest BCUT2D eigenvalue weighted by Crippen LogP contribution is 2.15. The van der Waals surface area contributed by atoms with E-state index in [4.69, 9.17) is 5.90 Å². The molecule has 0 saturated carbocycles. The summed E-state index contributed by atoms with van der Waals surface area (Å²) in [5.41, 5.74) is -0.576. The Morgan fingerprint density at radius 3 is 2.65 bits per heavy atom. The van der Waals surface area contributed by atoms with E-state index in [0.29, 0.717) is 6.07 Å². The van der Waals surface area contributed by atoms with Crippen LogP contribution < -0.4 is 11.2 Å². The van der Waals surface area contributed by atoms with Crippen molar-refractivity contribution in [1.82, 2.24) is 5.32 Å². The van der Waals surface area contributed by atoms with Gasteiger partial charge in [-0.25, -0.2) is 19.1 Å². The Hall–Kier alpha value is -1.60. The zero-order chi connectivity index (χ0) is 13.0. The van der Waals surface area contributed by atoms with Gasteiger partial charge in [0.15, 0.2) is 17.5 Å². The minimum atomic E-state index is -1.68. The number of benzene rings is 1. The molecule has 1 aromatic rings. The smallest absolute Gasteiger partial charge is 0.254 e. The molecule has 17 heavy (non-hydrogen) atoms. The van der Waals surface area contributed by atoms with Crippen LogP contribution in [0.5, 0.6) is 0 Å². The molecule has 3 N–H and O–H groups in total. The molecule has 7 heteroatoms. The summed E-state index contributed by atoms with van der Waals surface area (Å²) in [6, 6.07) is 1.05. The van der Waals surface area contributed by atoms with Crippen molar-refractivity contribution in [2.24, 2.45) is 5.90 Å². The average molecular weight is 248 g/mol. The average Bonchev–Trinajstić information content (AvgIpc) is 2.26. The van der Waals surface area contributed by atoms with Crippen LogP contribution in [0, 0.1) is 17.5 Å². The van der Waals surface area contributed by atoms with Crippen molar-refractivity contribution in [3.63, 3.8) is 0 Å². The van der Waals surface area contributed by atoms with E-state index in [-0.39, 0.29) is 6.61 Å². The molecule has 1 unspecified atom stereocenters. The van der Waals surface area contributed by atoms with Gasteiger partial charge in [0.25, 0.3) is 5.91 Å². The van der Waals surface area contributed by atoms with E-state index in [1.54, 1.807) is 6.92 Å². The predicted molar refractivity (Wildman–Crippen MR) is 53.4 cm³/mol. The van der Waals surface area contributed by atoms with E-state index in [1.807, 2.05) is 0 Å². The van der Waals surface area contributed by atoms with Gasteiger partial charge >= 0.3 is 0 Å². The minimum absolute atomic E-state index is 0.0109. The van der Waals surface area contributed by atoms with Crippen molar-refractivity contribution in [1.29, 1.82) is 0 Å². The summed E-state index contributed by atoms with van der Waals surface area (Å²) in [4.78, 5) is 15.7. The topological polar surface area (TPSA) is 64.3 Å². The van der Waals surface area contributed by atoms with Crippen LogP contribution in [0.15, 0.2) is 12.1 Å². The lowest BCUT2D eigenvalue weighted by Crippen LogP contribution is -2.37. The summed E-state index contributed by atoms with van der Waals surface area (Å²) in [7, 11) is 0. The first kappa shape index (κ1) is 13.5. The highest BCUT2D eigenvalue weighted by atomic mass is 19.2. The van der Waals surface area contributed by atoms with Gasteiger partial charge in [-0.05, 0) is 19.1 Å². The molecule has 0 aliphatic rings. The molecule has 0 heterocycles. The maximum absolute atomic E-state index is 13.2. The van der Waals surface area contributed by atoms with Crippen LogP contribution in [0.1, 0.15) is 17.3 Å². The lowest BCUT2D eigenvalue weighted by atomic mass is 10.1. The van der Waals surface area contributed by atoms with Crippen molar-refractivity contribution in [3.8, 4) is 0 Å². The molecule has 4 nitrogen and oxygen atoms in total. The molecule has 0 spiro atoms. The molecule has 0 radical (unpaired) electrons. The van der Waals surface area contributed by atoms with Gasteiger partial charge in [0, 0.05) is 0 Å². The number of amides is 1. The fourth-order valence-electron chi connectivity index (χ4n) is 1.19. The van der Waals surface area contributed by atoms with Crippen molar-refractivity contribution < 1.29 is 22.8 Å². The van der Waals surface area contributed by atoms with Crippen molar-refractivity contribution >= 4 is 5.91 Å². The van der Waals surface area contributed by atoms with Crippen LogP contribution in [0.4, 0.5) is 13.2 Å². The monoisotopic (exact) mass is 248 g/mol. The number of nitrogens with two attached hydrogens (primary N) is 1. The largest absolute Gasteiger partial charge is 0.347 e. The minimum Gasteiger partial charge on any atom is -0.347 e. The van der Waals surface area contributed by atoms with E-state index in [9.17, 15) is 18.0 Å². The van der Waals surface area contributed by atoms with Crippen LogP contribution in [0.2, 0.25) is 0 Å². The third kappa shape index (κ3) is 3.18. The normalized spacial score (nSPS) is 12.3. The Morgan fingerprint density at radius 1 is 1.41 bits per heavy atom. The third-order valence-corrected chi connectivity index (χ3v) is 2.00. The van der Waals surface area contributed by atoms with Crippen molar-refractivity contribution in [3.05, 3.63) is 35.1 Å². The number of rotatable bonds is 4. The first-order valence-electron chi connectivity index (χ1n) is 4.73. The van der Waals surface area contributed by atoms with Crippen LogP contribution in [-0.4, -0.2) is 18.6 Å². The quantitative estimate of drug-likeness (QED) is 0.619. The number of halogens is 3. The second-order valence-electron chi connectivity index (χ2n) is 3.43. The first-order chi connectivity index (χ1) is 7.97. The summed E-state index contributed by atoms with van der Waals surface area (Å²) in [6.07, 6.45) is 0. The fraction of sp³-hybridized carbons (Fsp3) is 0.300. The zero-order valence-corrected chi connectivity index (χ0v) is 8.97. The molecular formula is C10H11F3N2O2. The number of hydrogen-bond donors (Lipinski definition) is 2. The second-order valence-corrected chi connectivity index (χ2v) is 3.43. The van der Waals surface area contributed by atoms with Crippen LogP contribution in [-0.2, 0) is 4.84 Å². The van der Waals surface area contributed by atoms with Crippen LogP contribution in [0.3, 0.4) is 0 Å². The predicted octanol–water partition coefficient (Wildman–Crippen LogP) is 1.11. The number of carbonyl (C=O) groups is 1. The Morgan fingerprint density at radius 2 is 2.06 bits per heavy atom. The Kier molecular flexibility index (Phi) is 4.47. The standard InChI is InChI=1S/C10H11F3N2O2/c1-5(4-17-14)15-10(16)6-2-3-7(11)9(13)8(6)12/h2-3,5H,4,14H2,1H3,(H,15,16). The lowest BCUT2D eigenvalue weighted by Gasteiger charge is -2.12. The summed E-state index contributed by atoms with van der Waals surface area (Å²) < 4.78 is 38.7. The molecule has 1 rings (SSSR count). The number of hydrogen-bond acceptors (Lipinski definition) is 3. The fourth-order valence-corrected chi connectivity index (χ4v) is 1.19. The molecule has 0 aliphatic carbocycles. The van der Waals surface area contributed by atoms with Gasteiger partial charge in [0.1, 0.15) is 0 Å². The molecule has 0 saturated heterocycles. The zero-order valence-electron chi connectivity index (χ0n) is 8.97. The molecular weight excluding hydrogens is 237 g/mol. The van der Waals surface area contributed by atoms with Crippen molar-refractivity contribution in [2.75, 3.05) is 6.61 Å². The SMILES string of the molecule is CC(CON)NC(=O)c1ccc(F)c(F)c1F. The van der Waals surface area contributed by atoms with Gasteiger partial charge in [-0.15, -0.1) is 0 Å². The molecule has 0 bridgehead atoms. The maximum atomic E-state index is 13.2. The Labute approximate surface area is 95.5 Å². The van der Waals surface area contributed by atoms with Gasteiger partial charge < -0.3 is 10.2 Å². The first-order valence-corrected chi connectivity index (χ1v) is 4.73. The molecule has 94 valence electrons. The maximum Gasteiger partial charge on any atom is 0.254 e. The van der Waals surface area contributed by atoms with E-state index >= 15 is 0 Å².